The van der Waals surface area contributed by atoms with Crippen LogP contribution in [-0.4, -0.2) is 60.0 Å². The third-order valence-corrected chi connectivity index (χ3v) is 6.74. The topological polar surface area (TPSA) is 54.9 Å². The number of piperidine rings is 1. The van der Waals surface area contributed by atoms with Crippen molar-refractivity contribution >= 4 is 34.3 Å². The van der Waals surface area contributed by atoms with Crippen LogP contribution in [0.1, 0.15) is 27.2 Å². The van der Waals surface area contributed by atoms with Gasteiger partial charge >= 0.3 is 6.09 Å². The number of carbonyl (C=O) groups excluding carboxylic acids is 1. The second kappa shape index (κ2) is 9.48. The van der Waals surface area contributed by atoms with Crippen LogP contribution in [0.4, 0.5) is 19.3 Å². The lowest BCUT2D eigenvalue weighted by Crippen LogP contribution is -2.61. The summed E-state index contributed by atoms with van der Waals surface area (Å²) in [6.07, 6.45) is 1.69. The molecule has 0 bridgehead atoms. The van der Waals surface area contributed by atoms with Gasteiger partial charge in [-0.05, 0) is 63.1 Å². The normalized spacial score (nSPS) is 20.4. The fourth-order valence-corrected chi connectivity index (χ4v) is 5.23. The van der Waals surface area contributed by atoms with Crippen LogP contribution in [0.5, 0.6) is 0 Å². The molecule has 1 aromatic heterocycles. The Morgan fingerprint density at radius 2 is 1.89 bits per heavy atom. The van der Waals surface area contributed by atoms with E-state index in [9.17, 15) is 13.6 Å². The number of aromatic nitrogens is 1. The number of ether oxygens (including phenoxy) is 2. The lowest BCUT2D eigenvalue weighted by atomic mass is 9.95. The maximum atomic E-state index is 14.2. The maximum absolute atomic E-state index is 14.2. The summed E-state index contributed by atoms with van der Waals surface area (Å²) >= 11 is 6.35. The highest BCUT2D eigenvalue weighted by Gasteiger charge is 2.41. The number of anilines is 1. The zero-order chi connectivity index (χ0) is 25.6. The molecular weight excluding hydrogens is 488 g/mol. The van der Waals surface area contributed by atoms with Gasteiger partial charge in [-0.1, -0.05) is 11.6 Å². The smallest absolute Gasteiger partial charge is 0.410 e. The molecule has 0 aliphatic carbocycles. The summed E-state index contributed by atoms with van der Waals surface area (Å²) in [5, 5.41) is 1.32. The standard InChI is InChI=1S/C27H28ClF2N3O3/c1-27(2,3)36-26(34)33-8-9-35-24-15-32(7-6-23(24)33)25-20-12-17(28)4-5-22(20)31-14-21(25)16-10-18(29)13-19(30)11-16/h4-5,10-14,23-24H,6-9,15H2,1-3H3. The first-order valence-electron chi connectivity index (χ1n) is 12.0. The van der Waals surface area contributed by atoms with E-state index in [0.29, 0.717) is 48.8 Å². The Kier molecular flexibility index (Phi) is 6.51. The molecule has 2 unspecified atom stereocenters. The fraction of sp³-hybridized carbons (Fsp3) is 0.407. The summed E-state index contributed by atoms with van der Waals surface area (Å²) in [5.74, 6) is -1.33. The van der Waals surface area contributed by atoms with Gasteiger partial charge < -0.3 is 19.3 Å². The molecule has 36 heavy (non-hydrogen) atoms. The second-order valence-corrected chi connectivity index (χ2v) is 10.7. The molecule has 2 aromatic carbocycles. The quantitative estimate of drug-likeness (QED) is 0.416. The van der Waals surface area contributed by atoms with Crippen LogP contribution in [-0.2, 0) is 9.47 Å². The van der Waals surface area contributed by atoms with Gasteiger partial charge in [-0.3, -0.25) is 4.98 Å². The molecule has 3 heterocycles. The van der Waals surface area contributed by atoms with Crippen LogP contribution in [0.15, 0.2) is 42.6 Å². The van der Waals surface area contributed by atoms with E-state index in [0.717, 1.165) is 22.7 Å². The zero-order valence-electron chi connectivity index (χ0n) is 20.4. The molecule has 0 radical (unpaired) electrons. The maximum Gasteiger partial charge on any atom is 0.410 e. The van der Waals surface area contributed by atoms with Crippen molar-refractivity contribution in [1.29, 1.82) is 0 Å². The molecule has 0 N–H and O–H groups in total. The number of nitrogens with zero attached hydrogens (tertiary/aromatic N) is 3. The van der Waals surface area contributed by atoms with Gasteiger partial charge in [0.15, 0.2) is 0 Å². The molecule has 6 nitrogen and oxygen atoms in total. The van der Waals surface area contributed by atoms with Gasteiger partial charge in [-0.25, -0.2) is 13.6 Å². The molecule has 3 aromatic rings. The van der Waals surface area contributed by atoms with Gasteiger partial charge in [0, 0.05) is 47.9 Å². The Morgan fingerprint density at radius 3 is 2.61 bits per heavy atom. The first-order chi connectivity index (χ1) is 17.1. The molecule has 2 aliphatic rings. The predicted molar refractivity (Wildman–Crippen MR) is 135 cm³/mol. The molecule has 0 saturated carbocycles. The molecular formula is C27H28ClF2N3O3. The van der Waals surface area contributed by atoms with E-state index >= 15 is 0 Å². The van der Waals surface area contributed by atoms with Crippen molar-refractivity contribution in [3.63, 3.8) is 0 Å². The number of carbonyl (C=O) groups is 1. The van der Waals surface area contributed by atoms with Crippen molar-refractivity contribution in [1.82, 2.24) is 9.88 Å². The number of amides is 1. The van der Waals surface area contributed by atoms with E-state index in [1.54, 1.807) is 17.2 Å². The van der Waals surface area contributed by atoms with E-state index in [1.807, 2.05) is 32.9 Å². The number of rotatable bonds is 2. The molecule has 2 aliphatic heterocycles. The van der Waals surface area contributed by atoms with Crippen LogP contribution in [0.2, 0.25) is 5.02 Å². The first-order valence-corrected chi connectivity index (χ1v) is 12.4. The Hall–Kier alpha value is -2.97. The van der Waals surface area contributed by atoms with Gasteiger partial charge in [0.1, 0.15) is 17.2 Å². The van der Waals surface area contributed by atoms with Crippen LogP contribution in [0.3, 0.4) is 0 Å². The molecule has 1 amide bonds. The average molecular weight is 516 g/mol. The van der Waals surface area contributed by atoms with Crippen molar-refractivity contribution in [3.8, 4) is 11.1 Å². The third-order valence-electron chi connectivity index (χ3n) is 6.51. The third kappa shape index (κ3) is 4.97. The fourth-order valence-electron chi connectivity index (χ4n) is 5.06. The van der Waals surface area contributed by atoms with Crippen molar-refractivity contribution in [2.75, 3.05) is 31.1 Å². The summed E-state index contributed by atoms with van der Waals surface area (Å²) in [6, 6.07) is 8.72. The Labute approximate surface area is 213 Å². The minimum Gasteiger partial charge on any atom is -0.444 e. The summed E-state index contributed by atoms with van der Waals surface area (Å²) in [6.45, 7) is 7.50. The lowest BCUT2D eigenvalue weighted by molar-refractivity contribution is -0.0798. The summed E-state index contributed by atoms with van der Waals surface area (Å²) < 4.78 is 40.1. The van der Waals surface area contributed by atoms with E-state index in [-0.39, 0.29) is 18.2 Å². The summed E-state index contributed by atoms with van der Waals surface area (Å²) in [7, 11) is 0. The lowest BCUT2D eigenvalue weighted by Gasteiger charge is -2.47. The molecule has 2 saturated heterocycles. The Morgan fingerprint density at radius 1 is 1.14 bits per heavy atom. The number of halogens is 3. The van der Waals surface area contributed by atoms with E-state index in [1.165, 1.54) is 12.1 Å². The Bertz CT molecular complexity index is 1290. The minimum absolute atomic E-state index is 0.128. The number of hydrogen-bond donors (Lipinski definition) is 0. The largest absolute Gasteiger partial charge is 0.444 e. The van der Waals surface area contributed by atoms with Crippen LogP contribution in [0.25, 0.3) is 22.0 Å². The number of morpholine rings is 1. The second-order valence-electron chi connectivity index (χ2n) is 10.2. The van der Waals surface area contributed by atoms with Gasteiger partial charge in [-0.2, -0.15) is 0 Å². The molecule has 190 valence electrons. The van der Waals surface area contributed by atoms with Crippen LogP contribution < -0.4 is 4.90 Å². The monoisotopic (exact) mass is 515 g/mol. The molecule has 2 atom stereocenters. The predicted octanol–water partition coefficient (Wildman–Crippen LogP) is 6.05. The SMILES string of the molecule is CC(C)(C)OC(=O)N1CCOC2CN(c3c(-c4cc(F)cc(F)c4)cnc4ccc(Cl)cc34)CCC21. The van der Waals surface area contributed by atoms with Gasteiger partial charge in [0.05, 0.1) is 30.0 Å². The summed E-state index contributed by atoms with van der Waals surface area (Å²) in [5.41, 5.74) is 1.90. The number of pyridine rings is 1. The molecule has 9 heteroatoms. The van der Waals surface area contributed by atoms with Crippen LogP contribution in [0, 0.1) is 11.6 Å². The van der Waals surface area contributed by atoms with E-state index in [4.69, 9.17) is 21.1 Å². The van der Waals surface area contributed by atoms with Gasteiger partial charge in [0.25, 0.3) is 0 Å². The van der Waals surface area contributed by atoms with Gasteiger partial charge in [0.2, 0.25) is 0 Å². The highest BCUT2D eigenvalue weighted by molar-refractivity contribution is 6.31. The molecule has 2 fully saturated rings. The van der Waals surface area contributed by atoms with Gasteiger partial charge in [-0.15, -0.1) is 0 Å². The average Bonchev–Trinajstić information content (AvgIpc) is 2.80. The molecule has 0 spiro atoms. The highest BCUT2D eigenvalue weighted by Crippen LogP contribution is 2.40. The number of hydrogen-bond acceptors (Lipinski definition) is 5. The first kappa shape index (κ1) is 24.7. The van der Waals surface area contributed by atoms with Crippen molar-refractivity contribution in [2.45, 2.75) is 44.9 Å². The van der Waals surface area contributed by atoms with E-state index < -0.39 is 17.2 Å². The Balaban J connectivity index is 1.53. The van der Waals surface area contributed by atoms with Crippen molar-refractivity contribution in [2.24, 2.45) is 0 Å². The van der Waals surface area contributed by atoms with Crippen molar-refractivity contribution < 1.29 is 23.0 Å². The highest BCUT2D eigenvalue weighted by atomic mass is 35.5. The zero-order valence-corrected chi connectivity index (χ0v) is 21.2. The van der Waals surface area contributed by atoms with E-state index in [2.05, 4.69) is 9.88 Å². The van der Waals surface area contributed by atoms with Crippen molar-refractivity contribution in [3.05, 3.63) is 59.3 Å². The summed E-state index contributed by atoms with van der Waals surface area (Å²) in [4.78, 5) is 21.3. The molecule has 5 rings (SSSR count). The van der Waals surface area contributed by atoms with Crippen LogP contribution >= 0.6 is 11.6 Å². The number of benzene rings is 2. The minimum atomic E-state index is -0.663. The number of fused-ring (bicyclic) bond motifs is 2.